The van der Waals surface area contributed by atoms with Crippen molar-refractivity contribution in [3.63, 3.8) is 0 Å². The van der Waals surface area contributed by atoms with Gasteiger partial charge in [-0.15, -0.1) is 30.6 Å². The van der Waals surface area contributed by atoms with Crippen molar-refractivity contribution in [2.45, 2.75) is 27.7 Å². The second-order valence-corrected chi connectivity index (χ2v) is 5.35. The number of hydrogen-bond acceptors (Lipinski definition) is 12. The number of aromatic nitrogens is 16. The van der Waals surface area contributed by atoms with Gasteiger partial charge >= 0.3 is 0 Å². The number of tetrazole rings is 4. The molecule has 0 aliphatic rings. The molecule has 0 saturated carbocycles. The lowest BCUT2D eigenvalue weighted by atomic mass is 10.7. The molecule has 152 valence electrons. The van der Waals surface area contributed by atoms with Crippen LogP contribution in [0.25, 0.3) is 0 Å². The summed E-state index contributed by atoms with van der Waals surface area (Å²) in [5.74, 6) is 3.09. The van der Waals surface area contributed by atoms with Gasteiger partial charge in [0.25, 0.3) is 0 Å². The lowest BCUT2D eigenvalue weighted by molar-refractivity contribution is 0.628. The van der Waals surface area contributed by atoms with Crippen molar-refractivity contribution in [2.24, 2.45) is 28.2 Å². The van der Waals surface area contributed by atoms with Gasteiger partial charge in [0.2, 0.25) is 0 Å². The molecule has 0 aromatic carbocycles. The smallest absolute Gasteiger partial charge is 0.171 e. The minimum Gasteiger partial charge on any atom is -0.233 e. The Bertz CT molecular complexity index is 786. The van der Waals surface area contributed by atoms with Gasteiger partial charge in [0, 0.05) is 14.1 Å². The van der Waals surface area contributed by atoms with E-state index in [1.165, 1.54) is 9.59 Å². The fourth-order valence-corrected chi connectivity index (χ4v) is 1.31. The van der Waals surface area contributed by atoms with Crippen LogP contribution < -0.4 is 0 Å². The highest BCUT2D eigenvalue weighted by molar-refractivity contribution is 4.69. The van der Waals surface area contributed by atoms with Gasteiger partial charge in [-0.2, -0.15) is 9.59 Å². The van der Waals surface area contributed by atoms with E-state index in [0.29, 0.717) is 11.6 Å². The third kappa shape index (κ3) is 8.59. The van der Waals surface area contributed by atoms with E-state index in [1.807, 2.05) is 13.8 Å². The summed E-state index contributed by atoms with van der Waals surface area (Å²) >= 11 is 0. The summed E-state index contributed by atoms with van der Waals surface area (Å²) in [7, 11) is 7.07. The molecule has 4 rings (SSSR count). The Kier molecular flexibility index (Phi) is 8.84. The molecule has 28 heavy (non-hydrogen) atoms. The van der Waals surface area contributed by atoms with Crippen molar-refractivity contribution in [3.05, 3.63) is 23.3 Å². The van der Waals surface area contributed by atoms with E-state index in [0.717, 1.165) is 11.6 Å². The summed E-state index contributed by atoms with van der Waals surface area (Å²) in [4.78, 5) is 2.85. The zero-order chi connectivity index (χ0) is 21.1. The first kappa shape index (κ1) is 22.3. The summed E-state index contributed by atoms with van der Waals surface area (Å²) in [6, 6.07) is 0. The molecule has 0 aliphatic heterocycles. The van der Waals surface area contributed by atoms with E-state index in [4.69, 9.17) is 0 Å². The van der Waals surface area contributed by atoms with Gasteiger partial charge in [-0.05, 0) is 59.0 Å². The highest BCUT2D eigenvalue weighted by atomic mass is 15.6. The van der Waals surface area contributed by atoms with Crippen molar-refractivity contribution in [1.29, 1.82) is 0 Å². The molecule has 0 saturated heterocycles. The highest BCUT2D eigenvalue weighted by Crippen LogP contribution is 1.79. The van der Waals surface area contributed by atoms with Crippen LogP contribution in [0.2, 0.25) is 0 Å². The molecule has 0 bridgehead atoms. The third-order valence-electron chi connectivity index (χ3n) is 2.88. The highest BCUT2D eigenvalue weighted by Gasteiger charge is 1.88. The summed E-state index contributed by atoms with van der Waals surface area (Å²) in [5.41, 5.74) is 0. The third-order valence-corrected chi connectivity index (χ3v) is 2.88. The largest absolute Gasteiger partial charge is 0.233 e. The maximum Gasteiger partial charge on any atom is 0.171 e. The molecular formula is C12H24N16. The van der Waals surface area contributed by atoms with Crippen molar-refractivity contribution < 1.29 is 0 Å². The summed E-state index contributed by atoms with van der Waals surface area (Å²) in [5, 5.41) is 43.1. The maximum absolute atomic E-state index is 3.81. The SMILES string of the molecule is Cc1nnn(C)n1.Cc1nnn(C)n1.Cc1nnnn1C.Cc1nnnn1C. The Morgan fingerprint density at radius 1 is 0.500 bits per heavy atom. The molecule has 4 aromatic heterocycles. The maximum atomic E-state index is 3.81. The van der Waals surface area contributed by atoms with Crippen LogP contribution in [0.4, 0.5) is 0 Å². The Morgan fingerprint density at radius 2 is 0.857 bits per heavy atom. The monoisotopic (exact) mass is 392 g/mol. The quantitative estimate of drug-likeness (QED) is 0.324. The Hall–Kier alpha value is -3.72. The summed E-state index contributed by atoms with van der Waals surface area (Å²) in [6.45, 7) is 7.29. The van der Waals surface area contributed by atoms with Crippen molar-refractivity contribution in [3.8, 4) is 0 Å². The van der Waals surface area contributed by atoms with Crippen LogP contribution in [0.3, 0.4) is 0 Å². The molecule has 0 radical (unpaired) electrons. The van der Waals surface area contributed by atoms with Crippen molar-refractivity contribution in [1.82, 2.24) is 80.8 Å². The van der Waals surface area contributed by atoms with Crippen molar-refractivity contribution in [2.75, 3.05) is 0 Å². The molecule has 0 aliphatic carbocycles. The van der Waals surface area contributed by atoms with E-state index in [9.17, 15) is 0 Å². The van der Waals surface area contributed by atoms with E-state index in [1.54, 1.807) is 51.4 Å². The molecule has 0 fully saturated rings. The van der Waals surface area contributed by atoms with E-state index in [2.05, 4.69) is 61.9 Å². The van der Waals surface area contributed by atoms with Crippen LogP contribution in [0.5, 0.6) is 0 Å². The minimum absolute atomic E-state index is 0.711. The predicted molar refractivity (Wildman–Crippen MR) is 94.1 cm³/mol. The van der Waals surface area contributed by atoms with E-state index >= 15 is 0 Å². The molecule has 0 amide bonds. The Balaban J connectivity index is 0.000000187. The molecule has 0 atom stereocenters. The standard InChI is InChI=1S/4C3H6N4/c2*1-3-4-5-6-7(3)2;2*1-3-4-6-7(2)5-3/h4*1-2H3. The van der Waals surface area contributed by atoms with Gasteiger partial charge in [-0.25, -0.2) is 9.36 Å². The van der Waals surface area contributed by atoms with Crippen LogP contribution in [0, 0.1) is 27.7 Å². The zero-order valence-corrected chi connectivity index (χ0v) is 17.2. The number of hydrogen-bond donors (Lipinski definition) is 0. The van der Waals surface area contributed by atoms with E-state index in [-0.39, 0.29) is 0 Å². The Labute approximate surface area is 160 Å². The molecule has 0 unspecified atom stereocenters. The first-order chi connectivity index (χ1) is 13.2. The number of rotatable bonds is 0. The first-order valence-corrected chi connectivity index (χ1v) is 7.98. The van der Waals surface area contributed by atoms with Gasteiger partial charge in [-0.1, -0.05) is 0 Å². The van der Waals surface area contributed by atoms with Crippen LogP contribution in [0.1, 0.15) is 23.3 Å². The first-order valence-electron chi connectivity index (χ1n) is 7.98. The van der Waals surface area contributed by atoms with Crippen LogP contribution in [-0.2, 0) is 28.2 Å². The average molecular weight is 392 g/mol. The van der Waals surface area contributed by atoms with Gasteiger partial charge in [0.05, 0.1) is 14.1 Å². The fourth-order valence-electron chi connectivity index (χ4n) is 1.31. The van der Waals surface area contributed by atoms with Crippen molar-refractivity contribution >= 4 is 0 Å². The summed E-state index contributed by atoms with van der Waals surface area (Å²) in [6.07, 6.45) is 0. The molecular weight excluding hydrogens is 368 g/mol. The van der Waals surface area contributed by atoms with Gasteiger partial charge in [0.1, 0.15) is 11.6 Å². The topological polar surface area (TPSA) is 174 Å². The number of nitrogens with zero attached hydrogens (tertiary/aromatic N) is 16. The lowest BCUT2D eigenvalue weighted by Crippen LogP contribution is -1.92. The Morgan fingerprint density at radius 3 is 0.929 bits per heavy atom. The predicted octanol–water partition coefficient (Wildman–Crippen LogP) is -1.93. The average Bonchev–Trinajstić information content (AvgIpc) is 3.39. The molecule has 16 nitrogen and oxygen atoms in total. The second-order valence-electron chi connectivity index (χ2n) is 5.35. The van der Waals surface area contributed by atoms with Gasteiger partial charge in [0.15, 0.2) is 11.6 Å². The van der Waals surface area contributed by atoms with Gasteiger partial charge < -0.3 is 0 Å². The lowest BCUT2D eigenvalue weighted by Gasteiger charge is -1.81. The van der Waals surface area contributed by atoms with Crippen LogP contribution in [-0.4, -0.2) is 80.8 Å². The normalized spacial score (nSPS) is 9.43. The molecule has 4 heterocycles. The molecule has 4 aromatic rings. The fraction of sp³-hybridized carbons (Fsp3) is 0.667. The molecule has 0 spiro atoms. The van der Waals surface area contributed by atoms with E-state index < -0.39 is 0 Å². The molecule has 16 heteroatoms. The second kappa shape index (κ2) is 11.1. The van der Waals surface area contributed by atoms with Gasteiger partial charge in [-0.3, -0.25) is 0 Å². The van der Waals surface area contributed by atoms with Crippen LogP contribution >= 0.6 is 0 Å². The molecule has 0 N–H and O–H groups in total. The van der Waals surface area contributed by atoms with Crippen LogP contribution in [0.15, 0.2) is 0 Å². The summed E-state index contributed by atoms with van der Waals surface area (Å²) < 4.78 is 3.22. The minimum atomic E-state index is 0.711. The number of aryl methyl sites for hydroxylation is 8. The zero-order valence-electron chi connectivity index (χ0n) is 17.2.